The zero-order valence-electron chi connectivity index (χ0n) is 20.3. The highest BCUT2D eigenvalue weighted by molar-refractivity contribution is 6.18. The highest BCUT2D eigenvalue weighted by atomic mass is 16.2. The molecule has 1 fully saturated rings. The Morgan fingerprint density at radius 3 is 2.37 bits per heavy atom. The number of nitrogens with one attached hydrogen (secondary N) is 1. The van der Waals surface area contributed by atoms with Crippen LogP contribution in [0.15, 0.2) is 109 Å². The van der Waals surface area contributed by atoms with E-state index < -0.39 is 23.4 Å². The van der Waals surface area contributed by atoms with Crippen LogP contribution in [0.5, 0.6) is 0 Å². The molecule has 3 aromatic carbocycles. The van der Waals surface area contributed by atoms with Gasteiger partial charge in [-0.1, -0.05) is 84.9 Å². The van der Waals surface area contributed by atoms with Crippen molar-refractivity contribution in [1.29, 1.82) is 0 Å². The van der Waals surface area contributed by atoms with Crippen LogP contribution in [0.4, 0.5) is 11.4 Å². The summed E-state index contributed by atoms with van der Waals surface area (Å²) in [6.45, 7) is 0. The van der Waals surface area contributed by atoms with Crippen LogP contribution in [-0.4, -0.2) is 34.5 Å². The third kappa shape index (κ3) is 2.94. The van der Waals surface area contributed by atoms with Crippen LogP contribution in [0, 0.1) is 5.92 Å². The SMILES string of the molecule is O=C(c1ccccc1)[C@@H]1[C@@H](C(=O)c2ccccn2)[C@]2(C(=O)Nc3ccccc32)[C@H]2C=Cc3ccccc3N12. The molecule has 0 saturated carbocycles. The fraction of sp³-hybridized carbons (Fsp3) is 0.125. The Morgan fingerprint density at radius 1 is 0.816 bits per heavy atom. The largest absolute Gasteiger partial charge is 0.352 e. The number of benzene rings is 3. The topological polar surface area (TPSA) is 79.4 Å². The molecule has 1 amide bonds. The van der Waals surface area contributed by atoms with Crippen molar-refractivity contribution in [3.05, 3.63) is 132 Å². The lowest BCUT2D eigenvalue weighted by Gasteiger charge is -2.37. The van der Waals surface area contributed by atoms with Gasteiger partial charge in [0.15, 0.2) is 11.6 Å². The lowest BCUT2D eigenvalue weighted by atomic mass is 9.64. The van der Waals surface area contributed by atoms with E-state index in [1.54, 1.807) is 36.5 Å². The number of para-hydroxylation sites is 2. The number of hydrogen-bond acceptors (Lipinski definition) is 5. The quantitative estimate of drug-likeness (QED) is 0.404. The third-order valence-corrected chi connectivity index (χ3v) is 8.07. The fourth-order valence-electron chi connectivity index (χ4n) is 6.56. The monoisotopic (exact) mass is 497 g/mol. The molecule has 38 heavy (non-hydrogen) atoms. The van der Waals surface area contributed by atoms with E-state index in [1.807, 2.05) is 83.8 Å². The number of amides is 1. The summed E-state index contributed by atoms with van der Waals surface area (Å²) < 4.78 is 0. The maximum absolute atomic E-state index is 14.5. The first-order valence-electron chi connectivity index (χ1n) is 12.6. The summed E-state index contributed by atoms with van der Waals surface area (Å²) >= 11 is 0. The number of rotatable bonds is 4. The van der Waals surface area contributed by atoms with E-state index in [2.05, 4.69) is 10.3 Å². The number of anilines is 2. The Morgan fingerprint density at radius 2 is 1.55 bits per heavy atom. The molecular formula is C32H23N3O3. The van der Waals surface area contributed by atoms with Gasteiger partial charge in [0.1, 0.15) is 17.2 Å². The van der Waals surface area contributed by atoms with E-state index in [1.165, 1.54) is 0 Å². The molecule has 1 N–H and O–H groups in total. The van der Waals surface area contributed by atoms with Gasteiger partial charge in [-0.25, -0.2) is 0 Å². The Balaban J connectivity index is 1.55. The van der Waals surface area contributed by atoms with Crippen molar-refractivity contribution < 1.29 is 14.4 Å². The minimum absolute atomic E-state index is 0.205. The Bertz CT molecular complexity index is 1630. The smallest absolute Gasteiger partial charge is 0.238 e. The minimum Gasteiger partial charge on any atom is -0.352 e. The summed E-state index contributed by atoms with van der Waals surface area (Å²) in [4.78, 5) is 49.5. The summed E-state index contributed by atoms with van der Waals surface area (Å²) in [5, 5.41) is 3.04. The van der Waals surface area contributed by atoms with E-state index in [-0.39, 0.29) is 23.2 Å². The van der Waals surface area contributed by atoms with Gasteiger partial charge in [0.05, 0.1) is 12.0 Å². The Labute approximate surface area is 219 Å². The summed E-state index contributed by atoms with van der Waals surface area (Å²) in [6, 6.07) is 27.9. The molecule has 0 bridgehead atoms. The maximum atomic E-state index is 14.5. The van der Waals surface area contributed by atoms with E-state index >= 15 is 0 Å². The number of hydrogen-bond donors (Lipinski definition) is 1. The van der Waals surface area contributed by atoms with Crippen LogP contribution in [0.3, 0.4) is 0 Å². The first-order valence-corrected chi connectivity index (χ1v) is 12.6. The second kappa shape index (κ2) is 8.35. The first-order chi connectivity index (χ1) is 18.6. The average molecular weight is 498 g/mol. The number of nitrogens with zero attached hydrogens (tertiary/aromatic N) is 2. The zero-order chi connectivity index (χ0) is 25.9. The molecule has 1 saturated heterocycles. The third-order valence-electron chi connectivity index (χ3n) is 8.07. The number of aromatic nitrogens is 1. The predicted molar refractivity (Wildman–Crippen MR) is 145 cm³/mol. The predicted octanol–water partition coefficient (Wildman–Crippen LogP) is 4.94. The molecule has 7 rings (SSSR count). The molecule has 0 unspecified atom stereocenters. The lowest BCUT2D eigenvalue weighted by Crippen LogP contribution is -2.51. The molecule has 3 aliphatic heterocycles. The van der Waals surface area contributed by atoms with Crippen molar-refractivity contribution >= 4 is 34.9 Å². The van der Waals surface area contributed by atoms with Crippen LogP contribution < -0.4 is 10.2 Å². The summed E-state index contributed by atoms with van der Waals surface area (Å²) in [6.07, 6.45) is 5.53. The van der Waals surface area contributed by atoms with Gasteiger partial charge in [-0.2, -0.15) is 0 Å². The molecular weight excluding hydrogens is 474 g/mol. The molecule has 4 atom stereocenters. The number of pyridine rings is 1. The van der Waals surface area contributed by atoms with Crippen LogP contribution in [0.25, 0.3) is 6.08 Å². The molecule has 0 radical (unpaired) electrons. The molecule has 6 heteroatoms. The first kappa shape index (κ1) is 22.4. The zero-order valence-corrected chi connectivity index (χ0v) is 20.3. The van der Waals surface area contributed by atoms with E-state index in [4.69, 9.17) is 0 Å². The Hall–Kier alpha value is -4.84. The highest BCUT2D eigenvalue weighted by Crippen LogP contribution is 2.58. The number of carbonyl (C=O) groups is 3. The molecule has 3 aliphatic rings. The minimum atomic E-state index is -1.33. The summed E-state index contributed by atoms with van der Waals surface area (Å²) in [7, 11) is 0. The Kier molecular flexibility index (Phi) is 4.91. The van der Waals surface area contributed by atoms with Crippen LogP contribution in [-0.2, 0) is 10.2 Å². The van der Waals surface area contributed by atoms with E-state index in [0.29, 0.717) is 11.3 Å². The standard InChI is InChI=1S/C32H23N3O3/c36-29(21-11-2-1-3-12-21)28-27(30(37)24-15-8-9-19-33-24)32(22-13-5-6-14-23(22)34-31(32)38)26-18-17-20-10-4-7-16-25(20)35(26)28/h1-19,26-28H,(H,34,38)/t26-,27+,28+,32-/m1/s1. The molecule has 0 aliphatic carbocycles. The molecule has 4 heterocycles. The molecule has 184 valence electrons. The molecule has 1 aromatic heterocycles. The van der Waals surface area contributed by atoms with Gasteiger partial charge in [-0.15, -0.1) is 0 Å². The van der Waals surface area contributed by atoms with Gasteiger partial charge in [0.2, 0.25) is 5.91 Å². The van der Waals surface area contributed by atoms with Gasteiger partial charge in [0, 0.05) is 23.1 Å². The van der Waals surface area contributed by atoms with E-state index in [9.17, 15) is 14.4 Å². The van der Waals surface area contributed by atoms with Gasteiger partial charge in [0.25, 0.3) is 0 Å². The number of ketones is 2. The molecule has 4 aromatic rings. The van der Waals surface area contributed by atoms with E-state index in [0.717, 1.165) is 16.8 Å². The number of carbonyl (C=O) groups excluding carboxylic acids is 3. The van der Waals surface area contributed by atoms with Gasteiger partial charge in [-0.05, 0) is 35.4 Å². The van der Waals surface area contributed by atoms with Crippen molar-refractivity contribution in [2.75, 3.05) is 10.2 Å². The van der Waals surface area contributed by atoms with Crippen molar-refractivity contribution in [3.8, 4) is 0 Å². The van der Waals surface area contributed by atoms with Crippen LogP contribution in [0.1, 0.15) is 32.0 Å². The van der Waals surface area contributed by atoms with Crippen LogP contribution >= 0.6 is 0 Å². The molecule has 1 spiro atoms. The van der Waals surface area contributed by atoms with Gasteiger partial charge < -0.3 is 10.2 Å². The number of fused-ring (bicyclic) bond motifs is 6. The van der Waals surface area contributed by atoms with Crippen molar-refractivity contribution in [3.63, 3.8) is 0 Å². The number of Topliss-reactive ketones (excluding diaryl/α,β-unsaturated/α-hetero) is 2. The normalized spacial score (nSPS) is 24.5. The molecule has 6 nitrogen and oxygen atoms in total. The van der Waals surface area contributed by atoms with Gasteiger partial charge in [-0.3, -0.25) is 19.4 Å². The van der Waals surface area contributed by atoms with Crippen molar-refractivity contribution in [1.82, 2.24) is 4.98 Å². The average Bonchev–Trinajstić information content (AvgIpc) is 3.45. The highest BCUT2D eigenvalue weighted by Gasteiger charge is 2.70. The second-order valence-electron chi connectivity index (χ2n) is 9.87. The van der Waals surface area contributed by atoms with Crippen LogP contribution in [0.2, 0.25) is 0 Å². The summed E-state index contributed by atoms with van der Waals surface area (Å²) in [5.74, 6) is -1.83. The second-order valence-corrected chi connectivity index (χ2v) is 9.87. The van der Waals surface area contributed by atoms with Gasteiger partial charge >= 0.3 is 0 Å². The summed E-state index contributed by atoms with van der Waals surface area (Å²) in [5.41, 5.74) is 2.54. The fourth-order valence-corrected chi connectivity index (χ4v) is 6.56. The van der Waals surface area contributed by atoms with Crippen molar-refractivity contribution in [2.45, 2.75) is 17.5 Å². The lowest BCUT2D eigenvalue weighted by molar-refractivity contribution is -0.121. The van der Waals surface area contributed by atoms with Crippen molar-refractivity contribution in [2.24, 2.45) is 5.92 Å². The maximum Gasteiger partial charge on any atom is 0.238 e.